The number of hydrogen-bond donors (Lipinski definition) is 2. The molecule has 3 aromatic rings. The third-order valence-electron chi connectivity index (χ3n) is 6.89. The number of carbonyl (C=O) groups is 2. The molecule has 0 saturated carbocycles. The quantitative estimate of drug-likeness (QED) is 0.320. The molecule has 37 heavy (non-hydrogen) atoms. The van der Waals surface area contributed by atoms with Gasteiger partial charge in [0.25, 0.3) is 5.56 Å². The van der Waals surface area contributed by atoms with Crippen LogP contribution in [0.25, 0.3) is 11.1 Å². The van der Waals surface area contributed by atoms with E-state index in [2.05, 4.69) is 35.1 Å². The zero-order valence-electron chi connectivity index (χ0n) is 21.5. The van der Waals surface area contributed by atoms with Crippen LogP contribution in [0.2, 0.25) is 0 Å². The van der Waals surface area contributed by atoms with Gasteiger partial charge in [0.2, 0.25) is 0 Å². The molecule has 0 bridgehead atoms. The average Bonchev–Trinajstić information content (AvgIpc) is 2.90. The Morgan fingerprint density at radius 3 is 2.65 bits per heavy atom. The van der Waals surface area contributed by atoms with Gasteiger partial charge in [0.1, 0.15) is 5.75 Å². The van der Waals surface area contributed by atoms with Crippen LogP contribution in [0.1, 0.15) is 44.2 Å². The van der Waals surface area contributed by atoms with Crippen LogP contribution in [0, 0.1) is 5.92 Å². The highest BCUT2D eigenvalue weighted by molar-refractivity contribution is 5.80. The number of anilines is 1. The number of fused-ring (bicyclic) bond motifs is 1. The number of esters is 1. The van der Waals surface area contributed by atoms with E-state index in [0.29, 0.717) is 17.7 Å². The topological polar surface area (TPSA) is 101 Å². The minimum Gasteiger partial charge on any atom is -0.450 e. The van der Waals surface area contributed by atoms with Crippen molar-refractivity contribution in [2.75, 3.05) is 24.6 Å². The zero-order chi connectivity index (χ0) is 26.4. The maximum Gasteiger partial charge on any atom is 0.407 e. The third kappa shape index (κ3) is 6.02. The van der Waals surface area contributed by atoms with Crippen molar-refractivity contribution in [3.63, 3.8) is 0 Å². The van der Waals surface area contributed by atoms with Crippen LogP contribution in [-0.4, -0.2) is 36.7 Å². The van der Waals surface area contributed by atoms with Gasteiger partial charge in [-0.1, -0.05) is 31.2 Å². The van der Waals surface area contributed by atoms with E-state index in [1.54, 1.807) is 18.3 Å². The largest absolute Gasteiger partial charge is 0.450 e. The van der Waals surface area contributed by atoms with Crippen molar-refractivity contribution < 1.29 is 19.1 Å². The van der Waals surface area contributed by atoms with Gasteiger partial charge >= 0.3 is 12.1 Å². The first kappa shape index (κ1) is 26.0. The molecule has 0 saturated heterocycles. The van der Waals surface area contributed by atoms with Crippen LogP contribution >= 0.6 is 0 Å². The molecule has 8 heteroatoms. The second-order valence-electron chi connectivity index (χ2n) is 9.10. The Morgan fingerprint density at radius 2 is 1.89 bits per heavy atom. The molecule has 8 nitrogen and oxygen atoms in total. The molecular weight excluding hydrogens is 470 g/mol. The van der Waals surface area contributed by atoms with Crippen LogP contribution in [0.15, 0.2) is 65.6 Å². The maximum absolute atomic E-state index is 12.7. The molecule has 0 radical (unpaired) electrons. The lowest BCUT2D eigenvalue weighted by Crippen LogP contribution is -2.32. The molecular formula is C29H33N3O5. The number of amides is 1. The zero-order valence-corrected chi connectivity index (χ0v) is 21.5. The molecule has 2 unspecified atom stereocenters. The molecule has 0 aliphatic carbocycles. The number of alkyl carbamates (subject to hydrolysis) is 1. The number of aromatic nitrogens is 1. The Hall–Kier alpha value is -4.07. The summed E-state index contributed by atoms with van der Waals surface area (Å²) in [5.41, 5.74) is 4.01. The van der Waals surface area contributed by atoms with Gasteiger partial charge < -0.3 is 24.7 Å². The summed E-state index contributed by atoms with van der Waals surface area (Å²) in [4.78, 5) is 41.9. The van der Waals surface area contributed by atoms with E-state index in [4.69, 9.17) is 9.47 Å². The summed E-state index contributed by atoms with van der Waals surface area (Å²) in [5, 5.41) is 2.73. The number of aromatic amines is 1. The number of nitrogens with zero attached hydrogens (tertiary/aromatic N) is 1. The number of carbonyl (C=O) groups excluding carboxylic acids is 2. The minimum absolute atomic E-state index is 0.0439. The van der Waals surface area contributed by atoms with Crippen LogP contribution < -0.4 is 20.5 Å². The second kappa shape index (κ2) is 11.8. The molecule has 0 fully saturated rings. The summed E-state index contributed by atoms with van der Waals surface area (Å²) in [6.07, 6.45) is 1.39. The molecule has 2 heterocycles. The van der Waals surface area contributed by atoms with Crippen molar-refractivity contribution in [2.45, 2.75) is 39.7 Å². The highest BCUT2D eigenvalue weighted by Gasteiger charge is 2.35. The summed E-state index contributed by atoms with van der Waals surface area (Å²) in [6, 6.07) is 16.9. The van der Waals surface area contributed by atoms with Gasteiger partial charge in [-0.3, -0.25) is 9.59 Å². The molecule has 1 aliphatic heterocycles. The van der Waals surface area contributed by atoms with E-state index in [9.17, 15) is 14.4 Å². The van der Waals surface area contributed by atoms with Crippen molar-refractivity contribution in [2.24, 2.45) is 5.92 Å². The van der Waals surface area contributed by atoms with Crippen LogP contribution in [0.3, 0.4) is 0 Å². The summed E-state index contributed by atoms with van der Waals surface area (Å²) < 4.78 is 11.0. The van der Waals surface area contributed by atoms with E-state index >= 15 is 0 Å². The summed E-state index contributed by atoms with van der Waals surface area (Å²) >= 11 is 0. The number of ether oxygens (including phenoxy) is 2. The Labute approximate surface area is 216 Å². The van der Waals surface area contributed by atoms with Crippen LogP contribution in [0.4, 0.5) is 10.5 Å². The summed E-state index contributed by atoms with van der Waals surface area (Å²) in [7, 11) is 0. The van der Waals surface area contributed by atoms with Gasteiger partial charge in [0.15, 0.2) is 0 Å². The summed E-state index contributed by atoms with van der Waals surface area (Å²) in [5.74, 6) is -0.122. The SMILES string of the molecule is CCN(CC)c1ccc2c(c1)OC(=O)C(CCOC(=O)NCc1cccc(-c3ccc[nH]c3=O)c1)C2C. The van der Waals surface area contributed by atoms with Gasteiger partial charge in [-0.05, 0) is 67.1 Å². The van der Waals surface area contributed by atoms with Crippen molar-refractivity contribution in [1.82, 2.24) is 10.3 Å². The molecule has 0 spiro atoms. The van der Waals surface area contributed by atoms with Crippen molar-refractivity contribution in [3.8, 4) is 16.9 Å². The first-order valence-electron chi connectivity index (χ1n) is 12.7. The predicted octanol–water partition coefficient (Wildman–Crippen LogP) is 4.84. The van der Waals surface area contributed by atoms with Gasteiger partial charge in [0.05, 0.1) is 12.5 Å². The molecule has 1 aliphatic rings. The van der Waals surface area contributed by atoms with Crippen LogP contribution in [-0.2, 0) is 16.1 Å². The second-order valence-corrected chi connectivity index (χ2v) is 9.10. The highest BCUT2D eigenvalue weighted by atomic mass is 16.6. The molecule has 2 atom stereocenters. The molecule has 4 rings (SSSR count). The number of H-pyrrole nitrogens is 1. The first-order chi connectivity index (χ1) is 17.9. The number of nitrogens with one attached hydrogen (secondary N) is 2. The van der Waals surface area contributed by atoms with E-state index in [1.807, 2.05) is 43.3 Å². The highest BCUT2D eigenvalue weighted by Crippen LogP contribution is 2.40. The number of hydrogen-bond acceptors (Lipinski definition) is 6. The van der Waals surface area contributed by atoms with E-state index in [1.165, 1.54) is 0 Å². The summed E-state index contributed by atoms with van der Waals surface area (Å²) in [6.45, 7) is 8.29. The smallest absolute Gasteiger partial charge is 0.407 e. The van der Waals surface area contributed by atoms with Gasteiger partial charge in [-0.25, -0.2) is 4.79 Å². The predicted molar refractivity (Wildman–Crippen MR) is 143 cm³/mol. The Kier molecular flexibility index (Phi) is 8.28. The Bertz CT molecular complexity index is 1310. The number of pyridine rings is 1. The van der Waals surface area contributed by atoms with Gasteiger partial charge in [-0.15, -0.1) is 0 Å². The minimum atomic E-state index is -0.566. The normalized spacial score (nSPS) is 16.5. The van der Waals surface area contributed by atoms with Crippen molar-refractivity contribution in [3.05, 3.63) is 82.3 Å². The van der Waals surface area contributed by atoms with Gasteiger partial charge in [-0.2, -0.15) is 0 Å². The first-order valence-corrected chi connectivity index (χ1v) is 12.7. The molecule has 1 aromatic heterocycles. The Morgan fingerprint density at radius 1 is 1.08 bits per heavy atom. The fourth-order valence-corrected chi connectivity index (χ4v) is 4.75. The monoisotopic (exact) mass is 503 g/mol. The standard InChI is InChI=1S/C29H33N3O5/c1-4-32(5-2)22-11-12-23-19(3)24(28(34)37-26(23)17-22)13-15-36-29(35)31-18-20-8-6-9-21(16-20)25-10-7-14-30-27(25)33/h6-12,14,16-17,19,24H,4-5,13,15,18H2,1-3H3,(H,30,33)(H,31,35). The van der Waals surface area contributed by atoms with E-state index in [0.717, 1.165) is 35.5 Å². The number of rotatable bonds is 9. The molecule has 2 aromatic carbocycles. The lowest BCUT2D eigenvalue weighted by molar-refractivity contribution is -0.141. The van der Waals surface area contributed by atoms with Crippen molar-refractivity contribution in [1.29, 1.82) is 0 Å². The molecule has 1 amide bonds. The third-order valence-corrected chi connectivity index (χ3v) is 6.89. The van der Waals surface area contributed by atoms with Crippen LogP contribution in [0.5, 0.6) is 5.75 Å². The van der Waals surface area contributed by atoms with Crippen molar-refractivity contribution >= 4 is 17.7 Å². The number of benzene rings is 2. The van der Waals surface area contributed by atoms with E-state index in [-0.39, 0.29) is 36.5 Å². The fraction of sp³-hybridized carbons (Fsp3) is 0.345. The lowest BCUT2D eigenvalue weighted by Gasteiger charge is -2.31. The Balaban J connectivity index is 1.29. The maximum atomic E-state index is 12.7. The fourth-order valence-electron chi connectivity index (χ4n) is 4.75. The average molecular weight is 504 g/mol. The molecule has 194 valence electrons. The van der Waals surface area contributed by atoms with E-state index < -0.39 is 6.09 Å². The lowest BCUT2D eigenvalue weighted by atomic mass is 9.83. The van der Waals surface area contributed by atoms with Gasteiger partial charge in [0, 0.05) is 43.1 Å². The molecule has 2 N–H and O–H groups in total.